The molecule has 2 aromatic heterocycles. The van der Waals surface area contributed by atoms with E-state index in [1.807, 2.05) is 36.4 Å². The molecule has 2 rings (SSSR count). The third kappa shape index (κ3) is 5.11. The molecular weight excluding hydrogens is 246 g/mol. The van der Waals surface area contributed by atoms with Gasteiger partial charge in [-0.3, -0.25) is 9.97 Å². The standard InChI is InChI=1S/C10H8N2.C7H7N/c1-2-9-5-4-8-12-10(9)6-3-7-11;1-2-7-5-3-4-6-8-7/h2-6,8H,1H2;2-6H,1H2. The Labute approximate surface area is 119 Å². The van der Waals surface area contributed by atoms with E-state index in [1.165, 1.54) is 6.08 Å². The number of nitriles is 1. The molecule has 0 radical (unpaired) electrons. The van der Waals surface area contributed by atoms with Gasteiger partial charge in [-0.05, 0) is 35.9 Å². The van der Waals surface area contributed by atoms with Gasteiger partial charge in [-0.25, -0.2) is 0 Å². The topological polar surface area (TPSA) is 49.6 Å². The fourth-order valence-corrected chi connectivity index (χ4v) is 1.35. The lowest BCUT2D eigenvalue weighted by Crippen LogP contribution is -1.83. The molecule has 0 amide bonds. The third-order valence-electron chi connectivity index (χ3n) is 2.30. The van der Waals surface area contributed by atoms with Crippen LogP contribution in [0.4, 0.5) is 0 Å². The van der Waals surface area contributed by atoms with E-state index in [1.54, 1.807) is 30.6 Å². The third-order valence-corrected chi connectivity index (χ3v) is 2.30. The van der Waals surface area contributed by atoms with Crippen molar-refractivity contribution >= 4 is 18.2 Å². The van der Waals surface area contributed by atoms with Gasteiger partial charge in [0.05, 0.1) is 17.5 Å². The van der Waals surface area contributed by atoms with E-state index in [2.05, 4.69) is 23.1 Å². The van der Waals surface area contributed by atoms with E-state index < -0.39 is 0 Å². The second-order valence-electron chi connectivity index (χ2n) is 3.60. The molecule has 0 saturated carbocycles. The molecule has 98 valence electrons. The van der Waals surface area contributed by atoms with E-state index in [4.69, 9.17) is 5.26 Å². The van der Waals surface area contributed by atoms with E-state index in [9.17, 15) is 0 Å². The zero-order valence-corrected chi connectivity index (χ0v) is 11.1. The summed E-state index contributed by atoms with van der Waals surface area (Å²) in [6, 6.07) is 11.4. The molecule has 3 nitrogen and oxygen atoms in total. The molecule has 0 fully saturated rings. The predicted molar refractivity (Wildman–Crippen MR) is 83.3 cm³/mol. The van der Waals surface area contributed by atoms with Crippen molar-refractivity contribution in [2.24, 2.45) is 0 Å². The molecule has 0 aliphatic rings. The Balaban J connectivity index is 0.000000217. The minimum absolute atomic E-state index is 0.772. The molecule has 0 bridgehead atoms. The number of nitrogens with zero attached hydrogens (tertiary/aromatic N) is 3. The first-order valence-corrected chi connectivity index (χ1v) is 5.99. The molecule has 3 heteroatoms. The van der Waals surface area contributed by atoms with Crippen molar-refractivity contribution in [2.75, 3.05) is 0 Å². The molecule has 0 saturated heterocycles. The zero-order valence-electron chi connectivity index (χ0n) is 11.1. The van der Waals surface area contributed by atoms with E-state index in [-0.39, 0.29) is 0 Å². The van der Waals surface area contributed by atoms with Crippen LogP contribution in [0.25, 0.3) is 18.2 Å². The Morgan fingerprint density at radius 1 is 1.00 bits per heavy atom. The Morgan fingerprint density at radius 3 is 2.35 bits per heavy atom. The van der Waals surface area contributed by atoms with Crippen LogP contribution in [0.15, 0.2) is 62.0 Å². The molecular formula is C17H15N3. The number of hydrogen-bond acceptors (Lipinski definition) is 3. The Morgan fingerprint density at radius 2 is 1.80 bits per heavy atom. The zero-order chi connectivity index (χ0) is 14.6. The van der Waals surface area contributed by atoms with E-state index >= 15 is 0 Å². The maximum Gasteiger partial charge on any atom is 0.0912 e. The summed E-state index contributed by atoms with van der Waals surface area (Å²) in [5.74, 6) is 0. The number of pyridine rings is 2. The van der Waals surface area contributed by atoms with Gasteiger partial charge in [-0.15, -0.1) is 0 Å². The normalized spacial score (nSPS) is 9.15. The van der Waals surface area contributed by atoms with Crippen LogP contribution >= 0.6 is 0 Å². The SMILES string of the molecule is C=Cc1ccccn1.C=Cc1cccnc1C=CC#N. The lowest BCUT2D eigenvalue weighted by molar-refractivity contribution is 1.28. The molecule has 0 aliphatic heterocycles. The second kappa shape index (κ2) is 9.01. The van der Waals surface area contributed by atoms with Crippen molar-refractivity contribution in [2.45, 2.75) is 0 Å². The average Bonchev–Trinajstić information content (AvgIpc) is 2.54. The van der Waals surface area contributed by atoms with Crippen LogP contribution in [-0.2, 0) is 0 Å². The lowest BCUT2D eigenvalue weighted by atomic mass is 10.2. The Bertz CT molecular complexity index is 622. The summed E-state index contributed by atoms with van der Waals surface area (Å²) < 4.78 is 0. The van der Waals surface area contributed by atoms with Crippen molar-refractivity contribution in [3.05, 3.63) is 78.9 Å². The van der Waals surface area contributed by atoms with E-state index in [0.29, 0.717) is 0 Å². The average molecular weight is 261 g/mol. The van der Waals surface area contributed by atoms with Crippen LogP contribution < -0.4 is 0 Å². The quantitative estimate of drug-likeness (QED) is 0.785. The van der Waals surface area contributed by atoms with Gasteiger partial charge in [0.25, 0.3) is 0 Å². The monoisotopic (exact) mass is 261 g/mol. The maximum absolute atomic E-state index is 8.30. The summed E-state index contributed by atoms with van der Waals surface area (Å²) in [6.07, 6.45) is 9.93. The fraction of sp³-hybridized carbons (Fsp3) is 0. The van der Waals surface area contributed by atoms with Crippen molar-refractivity contribution in [1.29, 1.82) is 5.26 Å². The van der Waals surface area contributed by atoms with Gasteiger partial charge in [0.15, 0.2) is 0 Å². The maximum atomic E-state index is 8.30. The smallest absolute Gasteiger partial charge is 0.0912 e. The van der Waals surface area contributed by atoms with Gasteiger partial charge in [-0.1, -0.05) is 31.4 Å². The van der Waals surface area contributed by atoms with Gasteiger partial charge in [0.1, 0.15) is 0 Å². The fourth-order valence-electron chi connectivity index (χ4n) is 1.35. The van der Waals surface area contributed by atoms with Crippen molar-refractivity contribution in [3.63, 3.8) is 0 Å². The highest BCUT2D eigenvalue weighted by molar-refractivity contribution is 5.61. The first-order chi connectivity index (χ1) is 9.81. The largest absolute Gasteiger partial charge is 0.257 e. The highest BCUT2D eigenvalue weighted by Crippen LogP contribution is 2.07. The molecule has 2 heterocycles. The molecule has 0 aliphatic carbocycles. The first kappa shape index (κ1) is 15.1. The molecule has 0 atom stereocenters. The minimum atomic E-state index is 0.772. The molecule has 0 N–H and O–H groups in total. The van der Waals surface area contributed by atoms with Crippen molar-refractivity contribution in [1.82, 2.24) is 9.97 Å². The number of rotatable bonds is 3. The number of hydrogen-bond donors (Lipinski definition) is 0. The van der Waals surface area contributed by atoms with Crippen molar-refractivity contribution < 1.29 is 0 Å². The van der Waals surface area contributed by atoms with Crippen LogP contribution in [0, 0.1) is 11.3 Å². The summed E-state index contributed by atoms with van der Waals surface area (Å²) in [7, 11) is 0. The minimum Gasteiger partial charge on any atom is -0.257 e. The lowest BCUT2D eigenvalue weighted by Gasteiger charge is -1.96. The molecule has 20 heavy (non-hydrogen) atoms. The summed E-state index contributed by atoms with van der Waals surface area (Å²) in [4.78, 5) is 8.06. The van der Waals surface area contributed by atoms with Crippen LogP contribution in [0.1, 0.15) is 17.0 Å². The van der Waals surface area contributed by atoms with Gasteiger partial charge in [-0.2, -0.15) is 5.26 Å². The first-order valence-electron chi connectivity index (χ1n) is 5.99. The summed E-state index contributed by atoms with van der Waals surface area (Å²) in [5.41, 5.74) is 2.63. The predicted octanol–water partition coefficient (Wildman–Crippen LogP) is 3.99. The van der Waals surface area contributed by atoms with Crippen LogP contribution in [0.3, 0.4) is 0 Å². The highest BCUT2D eigenvalue weighted by atomic mass is 14.7. The summed E-state index contributed by atoms with van der Waals surface area (Å²) >= 11 is 0. The van der Waals surface area contributed by atoms with Crippen molar-refractivity contribution in [3.8, 4) is 6.07 Å². The highest BCUT2D eigenvalue weighted by Gasteiger charge is 1.92. The van der Waals surface area contributed by atoms with Gasteiger partial charge in [0, 0.05) is 18.5 Å². The van der Waals surface area contributed by atoms with Gasteiger partial charge >= 0.3 is 0 Å². The Kier molecular flexibility index (Phi) is 6.79. The second-order valence-corrected chi connectivity index (χ2v) is 3.60. The molecule has 0 unspecified atom stereocenters. The number of allylic oxidation sites excluding steroid dienone is 1. The Hall–Kier alpha value is -2.99. The van der Waals surface area contributed by atoms with Crippen LogP contribution in [-0.4, -0.2) is 9.97 Å². The molecule has 0 aromatic carbocycles. The van der Waals surface area contributed by atoms with E-state index in [0.717, 1.165) is 17.0 Å². The van der Waals surface area contributed by atoms with Gasteiger partial charge in [0.2, 0.25) is 0 Å². The summed E-state index contributed by atoms with van der Waals surface area (Å²) in [5, 5.41) is 8.30. The van der Waals surface area contributed by atoms with Crippen LogP contribution in [0.2, 0.25) is 0 Å². The van der Waals surface area contributed by atoms with Crippen LogP contribution in [0.5, 0.6) is 0 Å². The van der Waals surface area contributed by atoms with Gasteiger partial charge < -0.3 is 0 Å². The molecule has 0 spiro atoms. The summed E-state index contributed by atoms with van der Waals surface area (Å²) in [6.45, 7) is 7.21. The number of aromatic nitrogens is 2. The molecule has 2 aromatic rings.